The van der Waals surface area contributed by atoms with Gasteiger partial charge >= 0.3 is 0 Å². The topological polar surface area (TPSA) is 12.4 Å². The summed E-state index contributed by atoms with van der Waals surface area (Å²) in [6.45, 7) is 0.977. The van der Waals surface area contributed by atoms with Gasteiger partial charge in [0, 0.05) is 29.4 Å². The molecule has 0 aliphatic carbocycles. The minimum atomic E-state index is 0. The maximum absolute atomic E-state index is 3.80. The van der Waals surface area contributed by atoms with Gasteiger partial charge in [-0.15, -0.1) is 11.8 Å². The summed E-state index contributed by atoms with van der Waals surface area (Å²) in [5.41, 5.74) is 2.76. The summed E-state index contributed by atoms with van der Waals surface area (Å²) in [4.78, 5) is 3.80. The maximum Gasteiger partial charge on any atom is 0.122 e. The van der Waals surface area contributed by atoms with Crippen LogP contribution in [-0.4, -0.2) is 17.8 Å². The van der Waals surface area contributed by atoms with Crippen molar-refractivity contribution in [1.29, 1.82) is 0 Å². The van der Waals surface area contributed by atoms with Crippen molar-refractivity contribution in [3.63, 3.8) is 0 Å². The molecule has 0 aromatic rings. The second-order valence-corrected chi connectivity index (χ2v) is 1.70. The van der Waals surface area contributed by atoms with Crippen LogP contribution in [0.25, 0.3) is 0 Å². The molecular weight excluding hydrogens is 146 g/mol. The van der Waals surface area contributed by atoms with E-state index in [1.54, 1.807) is 11.8 Å². The molecule has 0 saturated heterocycles. The fraction of sp³-hybridized carbons (Fsp3) is 0.667. The van der Waals surface area contributed by atoms with Crippen LogP contribution in [0.4, 0.5) is 0 Å². The number of nitrogens with zero attached hydrogens (tertiary/aromatic N) is 1. The van der Waals surface area contributed by atoms with Gasteiger partial charge in [0.2, 0.25) is 0 Å². The van der Waals surface area contributed by atoms with E-state index >= 15 is 0 Å². The molecule has 6 heavy (non-hydrogen) atoms. The number of aliphatic imine (C=N–C) groups is 1. The quantitative estimate of drug-likeness (QED) is 0.461. The van der Waals surface area contributed by atoms with E-state index in [-0.39, 0.29) is 17.1 Å². The minimum absolute atomic E-state index is 0. The van der Waals surface area contributed by atoms with Gasteiger partial charge in [0.1, 0.15) is 5.55 Å². The second kappa shape index (κ2) is 3.72. The molecule has 0 aromatic heterocycles. The molecule has 38 valence electrons. The van der Waals surface area contributed by atoms with Crippen LogP contribution in [-0.2, 0) is 17.1 Å². The molecule has 1 aliphatic heterocycles. The molecule has 1 nitrogen and oxygen atoms in total. The largest absolute Gasteiger partial charge is 0.275 e. The van der Waals surface area contributed by atoms with Gasteiger partial charge in [0.05, 0.1) is 0 Å². The Bertz CT molecular complexity index is 48.8. The van der Waals surface area contributed by atoms with Crippen LogP contribution >= 0.6 is 11.8 Å². The number of thioether (sulfide) groups is 1. The van der Waals surface area contributed by atoms with Crippen LogP contribution in [0.5, 0.6) is 0 Å². The zero-order chi connectivity index (χ0) is 3.54. The molecule has 0 spiro atoms. The van der Waals surface area contributed by atoms with Gasteiger partial charge in [-0.25, -0.2) is 0 Å². The fourth-order valence-corrected chi connectivity index (χ4v) is 0.685. The predicted molar refractivity (Wildman–Crippen MR) is 24.8 cm³/mol. The molecule has 0 fully saturated rings. The Hall–Kier alpha value is 0.539. The Morgan fingerprint density at radius 3 is 2.67 bits per heavy atom. The average molecular weight is 150 g/mol. The molecule has 1 aliphatic rings. The van der Waals surface area contributed by atoms with Crippen LogP contribution in [0.2, 0.25) is 0 Å². The SMILES string of the molecule is [C]1=NCCS1.[Cu]. The Labute approximate surface area is 52.1 Å². The van der Waals surface area contributed by atoms with Gasteiger partial charge in [-0.2, -0.15) is 0 Å². The Balaban J connectivity index is 0.000000250. The van der Waals surface area contributed by atoms with E-state index in [1.807, 2.05) is 0 Å². The monoisotopic (exact) mass is 149 g/mol. The third-order valence-electron chi connectivity index (χ3n) is 0.434. The molecule has 0 saturated carbocycles. The van der Waals surface area contributed by atoms with Crippen molar-refractivity contribution >= 4 is 17.3 Å². The van der Waals surface area contributed by atoms with Gasteiger partial charge in [0.15, 0.2) is 0 Å². The van der Waals surface area contributed by atoms with Gasteiger partial charge in [-0.1, -0.05) is 0 Å². The van der Waals surface area contributed by atoms with E-state index in [0.717, 1.165) is 12.3 Å². The van der Waals surface area contributed by atoms with Crippen molar-refractivity contribution in [2.24, 2.45) is 4.99 Å². The first-order valence-corrected chi connectivity index (χ1v) is 2.52. The van der Waals surface area contributed by atoms with Gasteiger partial charge in [0.25, 0.3) is 0 Å². The van der Waals surface area contributed by atoms with E-state index in [0.29, 0.717) is 0 Å². The first-order chi connectivity index (χ1) is 2.50. The first-order valence-electron chi connectivity index (χ1n) is 1.53. The predicted octanol–water partition coefficient (Wildman–Crippen LogP) is 0.636. The smallest absolute Gasteiger partial charge is 0.122 e. The van der Waals surface area contributed by atoms with Crippen LogP contribution in [0.3, 0.4) is 0 Å². The van der Waals surface area contributed by atoms with E-state index in [1.165, 1.54) is 0 Å². The summed E-state index contributed by atoms with van der Waals surface area (Å²) in [6, 6.07) is 0. The molecule has 0 unspecified atom stereocenters. The zero-order valence-electron chi connectivity index (χ0n) is 3.07. The molecule has 1 heterocycles. The van der Waals surface area contributed by atoms with E-state index in [9.17, 15) is 0 Å². The summed E-state index contributed by atoms with van der Waals surface area (Å²) in [6.07, 6.45) is 0. The Kier molecular flexibility index (Phi) is 4.05. The molecular formula is C3H4CuNS. The standard InChI is InChI=1S/C3H4NS.Cu/c1-2-5-3-4-1;/h1-2H2;. The summed E-state index contributed by atoms with van der Waals surface area (Å²) in [7, 11) is 0. The fourth-order valence-electron chi connectivity index (χ4n) is 0.228. The van der Waals surface area contributed by atoms with Crippen molar-refractivity contribution in [3.05, 3.63) is 0 Å². The van der Waals surface area contributed by atoms with Crippen molar-refractivity contribution in [1.82, 2.24) is 0 Å². The molecule has 1 rings (SSSR count). The van der Waals surface area contributed by atoms with Gasteiger partial charge in [-0.05, 0) is 0 Å². The van der Waals surface area contributed by atoms with Crippen LogP contribution in [0.15, 0.2) is 4.99 Å². The molecule has 2 radical (unpaired) electrons. The van der Waals surface area contributed by atoms with Crippen LogP contribution < -0.4 is 0 Å². The van der Waals surface area contributed by atoms with Gasteiger partial charge in [-0.3, -0.25) is 4.99 Å². The van der Waals surface area contributed by atoms with Gasteiger partial charge < -0.3 is 0 Å². The molecule has 3 heteroatoms. The average Bonchev–Trinajstić information content (AvgIpc) is 1.76. The summed E-state index contributed by atoms with van der Waals surface area (Å²) >= 11 is 1.66. The van der Waals surface area contributed by atoms with E-state index < -0.39 is 0 Å². The van der Waals surface area contributed by atoms with Crippen LogP contribution in [0.1, 0.15) is 0 Å². The summed E-state index contributed by atoms with van der Waals surface area (Å²) < 4.78 is 0. The van der Waals surface area contributed by atoms with Crippen molar-refractivity contribution < 1.29 is 17.1 Å². The zero-order valence-corrected chi connectivity index (χ0v) is 4.83. The van der Waals surface area contributed by atoms with E-state index in [4.69, 9.17) is 0 Å². The Morgan fingerprint density at radius 2 is 2.50 bits per heavy atom. The second-order valence-electron chi connectivity index (χ2n) is 0.821. The third kappa shape index (κ3) is 1.85. The third-order valence-corrected chi connectivity index (χ3v) is 1.08. The maximum atomic E-state index is 3.80. The van der Waals surface area contributed by atoms with Crippen molar-refractivity contribution in [2.75, 3.05) is 12.3 Å². The summed E-state index contributed by atoms with van der Waals surface area (Å²) in [5, 5.41) is 0. The normalized spacial score (nSPS) is 17.3. The molecule has 0 N–H and O–H groups in total. The molecule has 0 bridgehead atoms. The molecule has 0 aromatic carbocycles. The first kappa shape index (κ1) is 6.54. The number of hydrogen-bond acceptors (Lipinski definition) is 2. The van der Waals surface area contributed by atoms with Crippen LogP contribution in [0, 0.1) is 0 Å². The van der Waals surface area contributed by atoms with Crippen molar-refractivity contribution in [3.8, 4) is 0 Å². The van der Waals surface area contributed by atoms with E-state index in [2.05, 4.69) is 10.5 Å². The van der Waals surface area contributed by atoms with Crippen molar-refractivity contribution in [2.45, 2.75) is 0 Å². The Morgan fingerprint density at radius 1 is 1.67 bits per heavy atom. The number of rotatable bonds is 0. The molecule has 0 amide bonds. The summed E-state index contributed by atoms with van der Waals surface area (Å²) in [5.74, 6) is 1.14. The molecule has 0 atom stereocenters. The number of hydrogen-bond donors (Lipinski definition) is 0. The minimum Gasteiger partial charge on any atom is -0.275 e.